The van der Waals surface area contributed by atoms with Crippen LogP contribution in [-0.4, -0.2) is 75.0 Å². The molecule has 1 aliphatic heterocycles. The molecular weight excluding hydrogens is 417 g/mol. The highest BCUT2D eigenvalue weighted by Crippen LogP contribution is 2.20. The Balaban J connectivity index is 0.00000529. The van der Waals surface area contributed by atoms with Gasteiger partial charge in [-0.15, -0.1) is 24.0 Å². The molecule has 0 aromatic heterocycles. The summed E-state index contributed by atoms with van der Waals surface area (Å²) >= 11 is 0. The molecule has 1 heterocycles. The largest absolute Gasteiger partial charge is 0.359 e. The minimum Gasteiger partial charge on any atom is -0.359 e. The number of rotatable bonds is 8. The van der Waals surface area contributed by atoms with Crippen LogP contribution in [-0.2, 0) is 4.79 Å². The average Bonchev–Trinajstić information content (AvgIpc) is 2.58. The van der Waals surface area contributed by atoms with Gasteiger partial charge >= 0.3 is 0 Å². The van der Waals surface area contributed by atoms with Crippen LogP contribution in [0.25, 0.3) is 0 Å². The molecule has 1 amide bonds. The number of amides is 1. The van der Waals surface area contributed by atoms with E-state index in [0.29, 0.717) is 12.3 Å². The Labute approximate surface area is 164 Å². The van der Waals surface area contributed by atoms with Crippen molar-refractivity contribution < 1.29 is 4.79 Å². The van der Waals surface area contributed by atoms with E-state index >= 15 is 0 Å². The summed E-state index contributed by atoms with van der Waals surface area (Å²) in [5, 5.41) is 6.20. The van der Waals surface area contributed by atoms with Crippen LogP contribution in [0.5, 0.6) is 0 Å². The summed E-state index contributed by atoms with van der Waals surface area (Å²) in [5.74, 6) is 1.65. The van der Waals surface area contributed by atoms with Crippen molar-refractivity contribution in [2.24, 2.45) is 10.9 Å². The molecule has 1 aliphatic rings. The molecular formula is C17H36IN5O. The van der Waals surface area contributed by atoms with Crippen molar-refractivity contribution in [3.8, 4) is 0 Å². The molecule has 0 bridgehead atoms. The third kappa shape index (κ3) is 8.50. The summed E-state index contributed by atoms with van der Waals surface area (Å²) in [6.45, 7) is 10.6. The molecule has 0 aromatic rings. The smallest absolute Gasteiger partial charge is 0.220 e. The number of carbonyl (C=O) groups is 1. The van der Waals surface area contributed by atoms with Crippen LogP contribution in [0.2, 0.25) is 0 Å². The highest BCUT2D eigenvalue weighted by Gasteiger charge is 2.22. The lowest BCUT2D eigenvalue weighted by Crippen LogP contribution is -2.47. The first-order valence-corrected chi connectivity index (χ1v) is 9.03. The first-order valence-electron chi connectivity index (χ1n) is 9.03. The quantitative estimate of drug-likeness (QED) is 0.334. The van der Waals surface area contributed by atoms with Crippen LogP contribution in [0.1, 0.15) is 39.5 Å². The van der Waals surface area contributed by atoms with E-state index in [-0.39, 0.29) is 29.9 Å². The lowest BCUT2D eigenvalue weighted by Gasteiger charge is -2.34. The Hall–Kier alpha value is -0.570. The van der Waals surface area contributed by atoms with Gasteiger partial charge in [-0.25, -0.2) is 0 Å². The van der Waals surface area contributed by atoms with Gasteiger partial charge in [0.05, 0.1) is 0 Å². The van der Waals surface area contributed by atoms with Crippen molar-refractivity contribution in [3.05, 3.63) is 0 Å². The van der Waals surface area contributed by atoms with Gasteiger partial charge in [-0.1, -0.05) is 13.8 Å². The molecule has 1 fully saturated rings. The number of guanidine groups is 1. The van der Waals surface area contributed by atoms with Gasteiger partial charge in [-0.3, -0.25) is 9.79 Å². The molecule has 7 heteroatoms. The van der Waals surface area contributed by atoms with Crippen molar-refractivity contribution in [2.75, 3.05) is 53.4 Å². The van der Waals surface area contributed by atoms with Crippen LogP contribution < -0.4 is 10.6 Å². The number of nitrogens with one attached hydrogen (secondary N) is 2. The zero-order valence-electron chi connectivity index (χ0n) is 15.8. The fourth-order valence-corrected chi connectivity index (χ4v) is 3.12. The summed E-state index contributed by atoms with van der Waals surface area (Å²) < 4.78 is 0. The minimum atomic E-state index is 0. The van der Waals surface area contributed by atoms with Gasteiger partial charge in [-0.2, -0.15) is 0 Å². The number of carbonyl (C=O) groups excluding carboxylic acids is 1. The monoisotopic (exact) mass is 453 g/mol. The van der Waals surface area contributed by atoms with Gasteiger partial charge in [0.15, 0.2) is 5.96 Å². The van der Waals surface area contributed by atoms with E-state index in [1.165, 1.54) is 6.42 Å². The van der Waals surface area contributed by atoms with E-state index in [2.05, 4.69) is 39.3 Å². The minimum absolute atomic E-state index is 0. The van der Waals surface area contributed by atoms with Crippen molar-refractivity contribution in [3.63, 3.8) is 0 Å². The van der Waals surface area contributed by atoms with E-state index in [9.17, 15) is 4.79 Å². The molecule has 24 heavy (non-hydrogen) atoms. The molecule has 0 aliphatic carbocycles. The number of hydrogen-bond acceptors (Lipinski definition) is 3. The number of aliphatic imine (C=N–C) groups is 1. The van der Waals surface area contributed by atoms with Gasteiger partial charge in [0, 0.05) is 46.7 Å². The predicted octanol–water partition coefficient (Wildman–Crippen LogP) is 1.76. The summed E-state index contributed by atoms with van der Waals surface area (Å²) in [6, 6.07) is 0. The van der Waals surface area contributed by atoms with E-state index in [1.54, 1.807) is 7.05 Å². The van der Waals surface area contributed by atoms with Crippen molar-refractivity contribution >= 4 is 35.8 Å². The topological polar surface area (TPSA) is 60.0 Å². The normalized spacial score (nSPS) is 16.0. The standard InChI is InChI=1S/C17H35N5O.HI/c1-5-10-21(6-2)13-9-20-17(19-4)22-11-7-15(8-12-22)14-16(23)18-3;/h15H,5-14H2,1-4H3,(H,18,23)(H,19,20);1H. The van der Waals surface area contributed by atoms with Crippen molar-refractivity contribution in [1.82, 2.24) is 20.4 Å². The lowest BCUT2D eigenvalue weighted by atomic mass is 9.93. The Bertz CT molecular complexity index is 370. The second-order valence-corrected chi connectivity index (χ2v) is 6.22. The first-order chi connectivity index (χ1) is 11.1. The number of hydrogen-bond donors (Lipinski definition) is 2. The summed E-state index contributed by atoms with van der Waals surface area (Å²) in [7, 11) is 3.56. The summed E-state index contributed by atoms with van der Waals surface area (Å²) in [5.41, 5.74) is 0. The molecule has 142 valence electrons. The molecule has 0 aromatic carbocycles. The highest BCUT2D eigenvalue weighted by molar-refractivity contribution is 14.0. The Morgan fingerprint density at radius 1 is 1.25 bits per heavy atom. The maximum Gasteiger partial charge on any atom is 0.220 e. The van der Waals surface area contributed by atoms with Gasteiger partial charge in [0.25, 0.3) is 0 Å². The third-order valence-electron chi connectivity index (χ3n) is 4.58. The van der Waals surface area contributed by atoms with E-state index in [0.717, 1.165) is 58.1 Å². The number of nitrogens with zero attached hydrogens (tertiary/aromatic N) is 3. The number of likely N-dealkylation sites (N-methyl/N-ethyl adjacent to an activating group) is 1. The van der Waals surface area contributed by atoms with Gasteiger partial charge in [0.1, 0.15) is 0 Å². The first kappa shape index (κ1) is 23.4. The lowest BCUT2D eigenvalue weighted by molar-refractivity contribution is -0.121. The number of piperidine rings is 1. The molecule has 0 atom stereocenters. The molecule has 0 radical (unpaired) electrons. The Morgan fingerprint density at radius 3 is 2.42 bits per heavy atom. The highest BCUT2D eigenvalue weighted by atomic mass is 127. The van der Waals surface area contributed by atoms with Crippen molar-refractivity contribution in [2.45, 2.75) is 39.5 Å². The maximum absolute atomic E-state index is 11.5. The molecule has 1 rings (SSSR count). The number of likely N-dealkylation sites (tertiary alicyclic amines) is 1. The molecule has 1 saturated heterocycles. The maximum atomic E-state index is 11.5. The second kappa shape index (κ2) is 13.7. The van der Waals surface area contributed by atoms with Crippen LogP contribution >= 0.6 is 24.0 Å². The van der Waals surface area contributed by atoms with E-state index in [4.69, 9.17) is 0 Å². The fourth-order valence-electron chi connectivity index (χ4n) is 3.12. The average molecular weight is 453 g/mol. The summed E-state index contributed by atoms with van der Waals surface area (Å²) in [4.78, 5) is 20.7. The van der Waals surface area contributed by atoms with Crippen molar-refractivity contribution in [1.29, 1.82) is 0 Å². The SMILES string of the molecule is CCCN(CC)CCNC(=NC)N1CCC(CC(=O)NC)CC1.I. The van der Waals surface area contributed by atoms with E-state index in [1.807, 2.05) is 7.05 Å². The Kier molecular flexibility index (Phi) is 13.4. The van der Waals surface area contributed by atoms with Crippen LogP contribution in [0.4, 0.5) is 0 Å². The zero-order chi connectivity index (χ0) is 17.1. The number of halogens is 1. The Morgan fingerprint density at radius 2 is 1.92 bits per heavy atom. The molecule has 0 spiro atoms. The van der Waals surface area contributed by atoms with Crippen LogP contribution in [0.15, 0.2) is 4.99 Å². The van der Waals surface area contributed by atoms with Crippen LogP contribution in [0, 0.1) is 5.92 Å². The fraction of sp³-hybridized carbons (Fsp3) is 0.882. The summed E-state index contributed by atoms with van der Waals surface area (Å²) in [6.07, 6.45) is 3.97. The molecule has 0 unspecified atom stereocenters. The van der Waals surface area contributed by atoms with Gasteiger partial charge in [-0.05, 0) is 38.3 Å². The third-order valence-corrected chi connectivity index (χ3v) is 4.58. The van der Waals surface area contributed by atoms with Gasteiger partial charge < -0.3 is 20.4 Å². The van der Waals surface area contributed by atoms with E-state index < -0.39 is 0 Å². The second-order valence-electron chi connectivity index (χ2n) is 6.22. The van der Waals surface area contributed by atoms with Crippen LogP contribution in [0.3, 0.4) is 0 Å². The predicted molar refractivity (Wildman–Crippen MR) is 112 cm³/mol. The molecule has 6 nitrogen and oxygen atoms in total. The molecule has 2 N–H and O–H groups in total. The van der Waals surface area contributed by atoms with Gasteiger partial charge in [0.2, 0.25) is 5.91 Å². The zero-order valence-corrected chi connectivity index (χ0v) is 18.1. The molecule has 0 saturated carbocycles.